The first kappa shape index (κ1) is 17.1. The van der Waals surface area contributed by atoms with Crippen molar-refractivity contribution >= 4 is 32.6 Å². The van der Waals surface area contributed by atoms with Crippen molar-refractivity contribution in [2.75, 3.05) is 5.32 Å². The summed E-state index contributed by atoms with van der Waals surface area (Å²) in [5.41, 5.74) is -0.690. The lowest BCUT2D eigenvalue weighted by molar-refractivity contribution is -0.136. The van der Waals surface area contributed by atoms with Gasteiger partial charge in [-0.2, -0.15) is 13.2 Å². The minimum atomic E-state index is -4.54. The summed E-state index contributed by atoms with van der Waals surface area (Å²) < 4.78 is 61.7. The van der Waals surface area contributed by atoms with E-state index in [0.29, 0.717) is 5.69 Å². The Morgan fingerprint density at radius 2 is 1.72 bits per heavy atom. The molecule has 0 amide bonds. The number of para-hydroxylation sites is 1. The van der Waals surface area contributed by atoms with Crippen LogP contribution in [0, 0.1) is 0 Å². The number of halogens is 3. The van der Waals surface area contributed by atoms with E-state index in [1.54, 1.807) is 0 Å². The zero-order chi connectivity index (χ0) is 18.2. The van der Waals surface area contributed by atoms with Crippen LogP contribution in [0.5, 0.6) is 0 Å². The Morgan fingerprint density at radius 3 is 2.32 bits per heavy atom. The van der Waals surface area contributed by atoms with Gasteiger partial charge < -0.3 is 5.32 Å². The Morgan fingerprint density at radius 1 is 1.04 bits per heavy atom. The van der Waals surface area contributed by atoms with Crippen molar-refractivity contribution in [2.24, 2.45) is 5.14 Å². The fourth-order valence-corrected chi connectivity index (χ4v) is 2.72. The van der Waals surface area contributed by atoms with E-state index >= 15 is 0 Å². The van der Waals surface area contributed by atoms with Gasteiger partial charge in [0.05, 0.1) is 16.0 Å². The van der Waals surface area contributed by atoms with Gasteiger partial charge in [0, 0.05) is 17.3 Å². The predicted molar refractivity (Wildman–Crippen MR) is 85.6 cm³/mol. The van der Waals surface area contributed by atoms with Crippen LogP contribution in [0.2, 0.25) is 0 Å². The second-order valence-corrected chi connectivity index (χ2v) is 6.69. The zero-order valence-electron chi connectivity index (χ0n) is 12.4. The van der Waals surface area contributed by atoms with E-state index in [0.717, 1.165) is 6.07 Å². The SMILES string of the molecule is NS(=O)(=O)c1ccc(Nc2ncc3cccc(C(F)(F)F)c3n2)cc1. The minimum Gasteiger partial charge on any atom is -0.324 e. The number of anilines is 2. The first-order valence-corrected chi connectivity index (χ1v) is 8.42. The highest BCUT2D eigenvalue weighted by Gasteiger charge is 2.33. The molecule has 0 aliphatic heterocycles. The van der Waals surface area contributed by atoms with Crippen molar-refractivity contribution in [3.05, 3.63) is 54.2 Å². The smallest absolute Gasteiger partial charge is 0.324 e. The molecule has 3 N–H and O–H groups in total. The number of rotatable bonds is 3. The molecule has 1 heterocycles. The van der Waals surface area contributed by atoms with Gasteiger partial charge in [0.15, 0.2) is 0 Å². The second kappa shape index (κ2) is 5.97. The van der Waals surface area contributed by atoms with Gasteiger partial charge in [0.2, 0.25) is 16.0 Å². The molecule has 0 aliphatic rings. The molecule has 3 aromatic rings. The molecule has 0 aliphatic carbocycles. The van der Waals surface area contributed by atoms with Gasteiger partial charge in [-0.1, -0.05) is 12.1 Å². The Kier molecular flexibility index (Phi) is 4.09. The molecule has 0 atom stereocenters. The zero-order valence-corrected chi connectivity index (χ0v) is 13.3. The van der Waals surface area contributed by atoms with Crippen LogP contribution in [0.4, 0.5) is 24.8 Å². The molecule has 0 unspecified atom stereocenters. The molecule has 3 rings (SSSR count). The maximum atomic E-state index is 13.1. The molecule has 1 aromatic heterocycles. The average Bonchev–Trinajstić information content (AvgIpc) is 2.53. The number of nitrogens with one attached hydrogen (secondary N) is 1. The number of alkyl halides is 3. The van der Waals surface area contributed by atoms with Gasteiger partial charge in [0.25, 0.3) is 0 Å². The molecule has 0 saturated heterocycles. The van der Waals surface area contributed by atoms with Gasteiger partial charge in [-0.3, -0.25) is 0 Å². The van der Waals surface area contributed by atoms with Crippen molar-refractivity contribution in [2.45, 2.75) is 11.1 Å². The summed E-state index contributed by atoms with van der Waals surface area (Å²) in [6, 6.07) is 9.05. The van der Waals surface area contributed by atoms with Crippen molar-refractivity contribution < 1.29 is 21.6 Å². The Hall–Kier alpha value is -2.72. The number of nitrogens with zero attached hydrogens (tertiary/aromatic N) is 2. The maximum absolute atomic E-state index is 13.1. The summed E-state index contributed by atoms with van der Waals surface area (Å²) in [5, 5.41) is 7.98. The minimum absolute atomic E-state index is 0.0486. The molecule has 0 bridgehead atoms. The van der Waals surface area contributed by atoms with Crippen LogP contribution in [0.1, 0.15) is 5.56 Å². The van der Waals surface area contributed by atoms with Gasteiger partial charge >= 0.3 is 6.18 Å². The van der Waals surface area contributed by atoms with Crippen molar-refractivity contribution in [1.82, 2.24) is 9.97 Å². The largest absolute Gasteiger partial charge is 0.418 e. The van der Waals surface area contributed by atoms with Gasteiger partial charge in [-0.05, 0) is 30.3 Å². The summed E-state index contributed by atoms with van der Waals surface area (Å²) in [7, 11) is -3.83. The van der Waals surface area contributed by atoms with Crippen LogP contribution in [-0.2, 0) is 16.2 Å². The highest BCUT2D eigenvalue weighted by Crippen LogP contribution is 2.34. The maximum Gasteiger partial charge on any atom is 0.418 e. The average molecular weight is 368 g/mol. The lowest BCUT2D eigenvalue weighted by Crippen LogP contribution is -2.11. The normalized spacial score (nSPS) is 12.3. The number of aromatic nitrogens is 2. The summed E-state index contributed by atoms with van der Waals surface area (Å²) in [4.78, 5) is 7.80. The van der Waals surface area contributed by atoms with Crippen LogP contribution in [0.25, 0.3) is 10.9 Å². The van der Waals surface area contributed by atoms with E-state index in [-0.39, 0.29) is 21.7 Å². The third kappa shape index (κ3) is 3.69. The molecular formula is C15H11F3N4O2S. The molecule has 0 radical (unpaired) electrons. The van der Waals surface area contributed by atoms with Crippen LogP contribution in [-0.4, -0.2) is 18.4 Å². The summed E-state index contributed by atoms with van der Waals surface area (Å²) in [5.74, 6) is -0.0486. The van der Waals surface area contributed by atoms with E-state index < -0.39 is 21.8 Å². The van der Waals surface area contributed by atoms with Crippen LogP contribution < -0.4 is 10.5 Å². The summed E-state index contributed by atoms with van der Waals surface area (Å²) in [6.07, 6.45) is -3.26. The number of hydrogen-bond donors (Lipinski definition) is 2. The third-order valence-electron chi connectivity index (χ3n) is 3.36. The van der Waals surface area contributed by atoms with Crippen molar-refractivity contribution in [3.63, 3.8) is 0 Å². The first-order chi connectivity index (χ1) is 11.6. The molecule has 0 fully saturated rings. The molecule has 25 heavy (non-hydrogen) atoms. The lowest BCUT2D eigenvalue weighted by Gasteiger charge is -2.11. The molecular weight excluding hydrogens is 357 g/mol. The second-order valence-electron chi connectivity index (χ2n) is 5.13. The first-order valence-electron chi connectivity index (χ1n) is 6.87. The number of nitrogens with two attached hydrogens (primary N) is 1. The highest BCUT2D eigenvalue weighted by molar-refractivity contribution is 7.89. The van der Waals surface area contributed by atoms with Crippen LogP contribution in [0.15, 0.2) is 53.6 Å². The fourth-order valence-electron chi connectivity index (χ4n) is 2.20. The lowest BCUT2D eigenvalue weighted by atomic mass is 10.1. The van der Waals surface area contributed by atoms with E-state index in [1.807, 2.05) is 0 Å². The quantitative estimate of drug-likeness (QED) is 0.740. The predicted octanol–water partition coefficient (Wildman–Crippen LogP) is 3.04. The Balaban J connectivity index is 1.97. The molecule has 6 nitrogen and oxygen atoms in total. The van der Waals surface area contributed by atoms with Gasteiger partial charge in [-0.25, -0.2) is 23.5 Å². The van der Waals surface area contributed by atoms with Crippen LogP contribution >= 0.6 is 0 Å². The molecule has 0 saturated carbocycles. The molecule has 130 valence electrons. The van der Waals surface area contributed by atoms with Gasteiger partial charge in [0.1, 0.15) is 0 Å². The number of fused-ring (bicyclic) bond motifs is 1. The monoisotopic (exact) mass is 368 g/mol. The molecule has 10 heteroatoms. The third-order valence-corrected chi connectivity index (χ3v) is 4.28. The van der Waals surface area contributed by atoms with Crippen molar-refractivity contribution in [3.8, 4) is 0 Å². The Bertz CT molecular complexity index is 1030. The summed E-state index contributed by atoms with van der Waals surface area (Å²) in [6.45, 7) is 0. The van der Waals surface area contributed by atoms with E-state index in [4.69, 9.17) is 5.14 Å². The number of hydrogen-bond acceptors (Lipinski definition) is 5. The van der Waals surface area contributed by atoms with E-state index in [2.05, 4.69) is 15.3 Å². The topological polar surface area (TPSA) is 98.0 Å². The highest BCUT2D eigenvalue weighted by atomic mass is 32.2. The fraction of sp³-hybridized carbons (Fsp3) is 0.0667. The van der Waals surface area contributed by atoms with E-state index in [1.165, 1.54) is 42.6 Å². The van der Waals surface area contributed by atoms with E-state index in [9.17, 15) is 21.6 Å². The number of benzene rings is 2. The molecule has 2 aromatic carbocycles. The summed E-state index contributed by atoms with van der Waals surface area (Å²) >= 11 is 0. The number of primary sulfonamides is 1. The van der Waals surface area contributed by atoms with Gasteiger partial charge in [-0.15, -0.1) is 0 Å². The Labute approximate surface area is 140 Å². The van der Waals surface area contributed by atoms with Crippen LogP contribution in [0.3, 0.4) is 0 Å². The number of sulfonamides is 1. The van der Waals surface area contributed by atoms with Crippen molar-refractivity contribution in [1.29, 1.82) is 0 Å². The molecule has 0 spiro atoms. The standard InChI is InChI=1S/C15H11F3N4O2S/c16-15(17,18)12-3-1-2-9-8-20-14(22-13(9)12)21-10-4-6-11(7-5-10)25(19,23)24/h1-8H,(H2,19,23,24)(H,20,21,22).